The molecular weight excluding hydrogens is 364 g/mol. The minimum absolute atomic E-state index is 0.162. The third-order valence-corrected chi connectivity index (χ3v) is 5.90. The monoisotopic (exact) mass is 376 g/mol. The number of pyridine rings is 1. The lowest BCUT2D eigenvalue weighted by Gasteiger charge is -2.09. The van der Waals surface area contributed by atoms with Gasteiger partial charge in [0.15, 0.2) is 0 Å². The summed E-state index contributed by atoms with van der Waals surface area (Å²) in [5.41, 5.74) is 0.207. The Hall–Kier alpha value is -1.12. The van der Waals surface area contributed by atoms with Crippen LogP contribution in [-0.2, 0) is 16.6 Å². The number of nitrogens with one attached hydrogen (secondary N) is 1. The average Bonchev–Trinajstić information content (AvgIpc) is 2.71. The van der Waals surface area contributed by atoms with Crippen LogP contribution in [-0.4, -0.2) is 13.0 Å². The molecule has 0 aromatic carbocycles. The highest BCUT2D eigenvalue weighted by Crippen LogP contribution is 2.30. The van der Waals surface area contributed by atoms with Crippen LogP contribution in [0.5, 0.6) is 0 Å². The maximum absolute atomic E-state index is 12.3. The first kappa shape index (κ1) is 15.3. The molecule has 0 saturated heterocycles. The first-order valence-corrected chi connectivity index (χ1v) is 8.92. The number of anilines is 1. The van der Waals surface area contributed by atoms with Crippen LogP contribution in [0.4, 0.5) is 5.69 Å². The smallest absolute Gasteiger partial charge is 0.263 e. The summed E-state index contributed by atoms with van der Waals surface area (Å²) in [6.07, 6.45) is 1.50. The van der Waals surface area contributed by atoms with Crippen molar-refractivity contribution in [3.05, 3.63) is 43.4 Å². The van der Waals surface area contributed by atoms with E-state index < -0.39 is 10.0 Å². The Kier molecular flexibility index (Phi) is 4.36. The summed E-state index contributed by atoms with van der Waals surface area (Å²) in [6, 6.07) is 4.37. The highest BCUT2D eigenvalue weighted by atomic mass is 79.9. The zero-order valence-corrected chi connectivity index (χ0v) is 14.1. The van der Waals surface area contributed by atoms with Gasteiger partial charge < -0.3 is 4.57 Å². The van der Waals surface area contributed by atoms with Crippen LogP contribution in [0.1, 0.15) is 11.8 Å². The third kappa shape index (κ3) is 3.13. The van der Waals surface area contributed by atoms with Gasteiger partial charge in [-0.3, -0.25) is 9.52 Å². The summed E-state index contributed by atoms with van der Waals surface area (Å²) in [5.74, 6) is 0. The SMILES string of the molecule is CCn1cc(NS(=O)(=O)c2cc(Br)sc2C)ccc1=O. The molecule has 0 amide bonds. The summed E-state index contributed by atoms with van der Waals surface area (Å²) >= 11 is 4.63. The number of aryl methyl sites for hydroxylation is 2. The van der Waals surface area contributed by atoms with Crippen LogP contribution < -0.4 is 10.3 Å². The predicted molar refractivity (Wildman–Crippen MR) is 83.9 cm³/mol. The standard InChI is InChI=1S/C12H13BrN2O3S2/c1-3-15-7-9(4-5-12(15)16)14-20(17,18)10-6-11(13)19-8(10)2/h4-7,14H,3H2,1-2H3. The number of sulfonamides is 1. The molecule has 0 fully saturated rings. The molecule has 1 N–H and O–H groups in total. The number of nitrogens with zero attached hydrogens (tertiary/aromatic N) is 1. The molecule has 0 saturated carbocycles. The van der Waals surface area contributed by atoms with E-state index >= 15 is 0 Å². The number of hydrogen-bond acceptors (Lipinski definition) is 4. The van der Waals surface area contributed by atoms with Gasteiger partial charge in [-0.05, 0) is 41.9 Å². The van der Waals surface area contributed by atoms with Gasteiger partial charge >= 0.3 is 0 Å². The maximum Gasteiger partial charge on any atom is 0.263 e. The molecule has 8 heteroatoms. The van der Waals surface area contributed by atoms with Crippen molar-refractivity contribution < 1.29 is 8.42 Å². The van der Waals surface area contributed by atoms with Gasteiger partial charge in [-0.25, -0.2) is 8.42 Å². The van der Waals surface area contributed by atoms with Crippen LogP contribution in [0.15, 0.2) is 37.9 Å². The van der Waals surface area contributed by atoms with E-state index in [0.717, 1.165) is 3.79 Å². The Morgan fingerprint density at radius 2 is 2.10 bits per heavy atom. The topological polar surface area (TPSA) is 68.2 Å². The number of rotatable bonds is 4. The highest BCUT2D eigenvalue weighted by molar-refractivity contribution is 9.11. The quantitative estimate of drug-likeness (QED) is 0.891. The minimum atomic E-state index is -3.65. The van der Waals surface area contributed by atoms with Crippen LogP contribution in [0.2, 0.25) is 0 Å². The fourth-order valence-corrected chi connectivity index (χ4v) is 5.21. The van der Waals surface area contributed by atoms with Gasteiger partial charge in [0.05, 0.1) is 9.47 Å². The molecule has 2 heterocycles. The lowest BCUT2D eigenvalue weighted by molar-refractivity contribution is 0.601. The van der Waals surface area contributed by atoms with Gasteiger partial charge in [-0.15, -0.1) is 11.3 Å². The fourth-order valence-electron chi connectivity index (χ4n) is 1.75. The van der Waals surface area contributed by atoms with Crippen molar-refractivity contribution in [3.63, 3.8) is 0 Å². The van der Waals surface area contributed by atoms with Crippen LogP contribution >= 0.6 is 27.3 Å². The maximum atomic E-state index is 12.3. The average molecular weight is 377 g/mol. The van der Waals surface area contributed by atoms with Crippen molar-refractivity contribution in [1.82, 2.24) is 4.57 Å². The molecule has 0 atom stereocenters. The Balaban J connectivity index is 2.38. The predicted octanol–water partition coefficient (Wildman–Crippen LogP) is 2.80. The Morgan fingerprint density at radius 3 is 2.65 bits per heavy atom. The van der Waals surface area contributed by atoms with E-state index in [9.17, 15) is 13.2 Å². The molecule has 0 radical (unpaired) electrons. The lowest BCUT2D eigenvalue weighted by Crippen LogP contribution is -2.20. The van der Waals surface area contributed by atoms with Gasteiger partial charge in [0.2, 0.25) is 0 Å². The van der Waals surface area contributed by atoms with E-state index in [1.54, 1.807) is 13.0 Å². The van der Waals surface area contributed by atoms with Crippen molar-refractivity contribution in [3.8, 4) is 0 Å². The molecule has 0 aliphatic heterocycles. The zero-order chi connectivity index (χ0) is 14.9. The number of hydrogen-bond donors (Lipinski definition) is 1. The first-order chi connectivity index (χ1) is 9.33. The number of halogens is 1. The van der Waals surface area contributed by atoms with Gasteiger partial charge in [0.25, 0.3) is 15.6 Å². The second-order valence-corrected chi connectivity index (χ2v) is 8.40. The molecule has 2 rings (SSSR count). The second-order valence-electron chi connectivity index (χ2n) is 4.12. The summed E-state index contributed by atoms with van der Waals surface area (Å²) in [5, 5.41) is 0. The number of aromatic nitrogens is 1. The third-order valence-electron chi connectivity index (χ3n) is 2.71. The molecule has 2 aromatic heterocycles. The molecule has 0 aliphatic carbocycles. The molecule has 0 bridgehead atoms. The number of thiophene rings is 1. The van der Waals surface area contributed by atoms with E-state index in [-0.39, 0.29) is 10.5 Å². The molecule has 2 aromatic rings. The van der Waals surface area contributed by atoms with E-state index in [4.69, 9.17) is 0 Å². The van der Waals surface area contributed by atoms with Crippen molar-refractivity contribution in [2.24, 2.45) is 0 Å². The Bertz CT molecular complexity index is 793. The van der Waals surface area contributed by atoms with Crippen LogP contribution in [0.25, 0.3) is 0 Å². The van der Waals surface area contributed by atoms with Crippen LogP contribution in [0.3, 0.4) is 0 Å². The van der Waals surface area contributed by atoms with Crippen molar-refractivity contribution in [1.29, 1.82) is 0 Å². The van der Waals surface area contributed by atoms with Crippen molar-refractivity contribution in [2.75, 3.05) is 4.72 Å². The fraction of sp³-hybridized carbons (Fsp3) is 0.250. The lowest BCUT2D eigenvalue weighted by atomic mass is 10.4. The molecule has 108 valence electrons. The van der Waals surface area contributed by atoms with Crippen molar-refractivity contribution in [2.45, 2.75) is 25.3 Å². The van der Waals surface area contributed by atoms with E-state index in [1.165, 1.54) is 34.2 Å². The van der Waals surface area contributed by atoms with Gasteiger partial charge in [0, 0.05) is 23.7 Å². The summed E-state index contributed by atoms with van der Waals surface area (Å²) in [4.78, 5) is 12.4. The second kappa shape index (κ2) is 5.71. The Morgan fingerprint density at radius 1 is 1.40 bits per heavy atom. The molecule has 0 unspecified atom stereocenters. The molecule has 20 heavy (non-hydrogen) atoms. The van der Waals surface area contributed by atoms with E-state index in [0.29, 0.717) is 17.1 Å². The minimum Gasteiger partial charge on any atom is -0.314 e. The molecule has 0 aliphatic rings. The van der Waals surface area contributed by atoms with Crippen LogP contribution in [0, 0.1) is 6.92 Å². The van der Waals surface area contributed by atoms with E-state index in [2.05, 4.69) is 20.7 Å². The van der Waals surface area contributed by atoms with Crippen molar-refractivity contribution >= 4 is 43.0 Å². The first-order valence-electron chi connectivity index (χ1n) is 5.82. The zero-order valence-electron chi connectivity index (χ0n) is 10.9. The summed E-state index contributed by atoms with van der Waals surface area (Å²) in [6.45, 7) is 4.05. The molecule has 0 spiro atoms. The largest absolute Gasteiger partial charge is 0.314 e. The Labute approximate surface area is 129 Å². The highest BCUT2D eigenvalue weighted by Gasteiger charge is 2.19. The molecule has 5 nitrogen and oxygen atoms in total. The molecular formula is C12H13BrN2O3S2. The van der Waals surface area contributed by atoms with Gasteiger partial charge in [-0.2, -0.15) is 0 Å². The van der Waals surface area contributed by atoms with Gasteiger partial charge in [-0.1, -0.05) is 0 Å². The summed E-state index contributed by atoms with van der Waals surface area (Å²) < 4.78 is 29.3. The normalized spacial score (nSPS) is 11.6. The van der Waals surface area contributed by atoms with Gasteiger partial charge in [0.1, 0.15) is 4.90 Å². The van der Waals surface area contributed by atoms with E-state index in [1.807, 2.05) is 6.92 Å². The summed E-state index contributed by atoms with van der Waals surface area (Å²) in [7, 11) is -3.65.